The number of carbonyl (C=O) groups excluding carboxylic acids is 1. The van der Waals surface area contributed by atoms with Crippen LogP contribution in [0.3, 0.4) is 0 Å². The van der Waals surface area contributed by atoms with Crippen LogP contribution in [-0.2, 0) is 13.2 Å². The molecule has 0 bridgehead atoms. The van der Waals surface area contributed by atoms with Crippen LogP contribution in [0.4, 0.5) is 4.39 Å². The first-order valence-electron chi connectivity index (χ1n) is 9.43. The summed E-state index contributed by atoms with van der Waals surface area (Å²) in [4.78, 5) is 16.8. The summed E-state index contributed by atoms with van der Waals surface area (Å²) < 4.78 is 24.5. The summed E-state index contributed by atoms with van der Waals surface area (Å²) in [5, 5.41) is 2.90. The van der Waals surface area contributed by atoms with Crippen molar-refractivity contribution in [2.75, 3.05) is 0 Å². The van der Waals surface area contributed by atoms with Gasteiger partial charge in [0.25, 0.3) is 5.91 Å². The molecule has 0 saturated heterocycles. The van der Waals surface area contributed by atoms with Crippen LogP contribution in [0, 0.1) is 5.82 Å². The lowest BCUT2D eigenvalue weighted by molar-refractivity contribution is 0.0945. The minimum Gasteiger partial charge on any atom is -0.483 e. The summed E-state index contributed by atoms with van der Waals surface area (Å²) in [7, 11) is 0. The molecular weight excluding hydrogens is 383 g/mol. The van der Waals surface area contributed by atoms with Gasteiger partial charge in [0, 0.05) is 12.1 Å². The molecule has 0 saturated carbocycles. The molecule has 4 rings (SSSR count). The van der Waals surface area contributed by atoms with Crippen molar-refractivity contribution in [2.45, 2.75) is 13.2 Å². The van der Waals surface area contributed by atoms with E-state index in [0.717, 1.165) is 11.1 Å². The maximum Gasteiger partial charge on any atom is 0.255 e. The van der Waals surface area contributed by atoms with Crippen molar-refractivity contribution in [1.82, 2.24) is 10.3 Å². The van der Waals surface area contributed by atoms with Gasteiger partial charge in [0.1, 0.15) is 11.6 Å². The molecule has 0 radical (unpaired) electrons. The monoisotopic (exact) mass is 402 g/mol. The quantitative estimate of drug-likeness (QED) is 0.473. The second kappa shape index (κ2) is 9.05. The molecular formula is C24H19FN2O3. The van der Waals surface area contributed by atoms with E-state index in [1.165, 1.54) is 12.1 Å². The third kappa shape index (κ3) is 4.72. The molecule has 0 atom stereocenters. The Morgan fingerprint density at radius 1 is 0.967 bits per heavy atom. The minimum atomic E-state index is -0.316. The van der Waals surface area contributed by atoms with Crippen molar-refractivity contribution in [3.8, 4) is 17.1 Å². The van der Waals surface area contributed by atoms with E-state index in [0.29, 0.717) is 29.5 Å². The number of para-hydroxylation sites is 1. The topological polar surface area (TPSA) is 64.4 Å². The Hall–Kier alpha value is -3.93. The Morgan fingerprint density at radius 3 is 2.50 bits per heavy atom. The van der Waals surface area contributed by atoms with Crippen molar-refractivity contribution >= 4 is 5.91 Å². The molecule has 5 nitrogen and oxygen atoms in total. The van der Waals surface area contributed by atoms with Crippen molar-refractivity contribution in [1.29, 1.82) is 0 Å². The molecule has 0 aliphatic rings. The first-order valence-corrected chi connectivity index (χ1v) is 9.43. The molecule has 6 heteroatoms. The van der Waals surface area contributed by atoms with E-state index >= 15 is 0 Å². The summed E-state index contributed by atoms with van der Waals surface area (Å²) in [6.45, 7) is 0.485. The molecule has 0 unspecified atom stereocenters. The molecule has 1 amide bonds. The Bertz CT molecular complexity index is 1120. The number of aromatic nitrogens is 1. The van der Waals surface area contributed by atoms with Gasteiger partial charge in [0.15, 0.2) is 12.4 Å². The van der Waals surface area contributed by atoms with Gasteiger partial charge >= 0.3 is 0 Å². The molecule has 0 aliphatic heterocycles. The highest BCUT2D eigenvalue weighted by molar-refractivity contribution is 5.96. The van der Waals surface area contributed by atoms with Crippen LogP contribution >= 0.6 is 0 Å². The van der Waals surface area contributed by atoms with Crippen LogP contribution in [0.2, 0.25) is 0 Å². The smallest absolute Gasteiger partial charge is 0.255 e. The number of nitrogens with zero attached hydrogens (tertiary/aromatic N) is 1. The average Bonchev–Trinajstić information content (AvgIpc) is 3.26. The third-order valence-corrected chi connectivity index (χ3v) is 4.46. The lowest BCUT2D eigenvalue weighted by atomic mass is 10.1. The van der Waals surface area contributed by atoms with Crippen molar-refractivity contribution < 1.29 is 18.3 Å². The zero-order valence-corrected chi connectivity index (χ0v) is 16.0. The van der Waals surface area contributed by atoms with E-state index in [1.807, 2.05) is 30.3 Å². The van der Waals surface area contributed by atoms with Gasteiger partial charge in [-0.3, -0.25) is 4.79 Å². The van der Waals surface area contributed by atoms with Gasteiger partial charge < -0.3 is 14.5 Å². The number of halogens is 1. The Morgan fingerprint density at radius 2 is 1.70 bits per heavy atom. The molecule has 1 N–H and O–H groups in total. The van der Waals surface area contributed by atoms with Crippen LogP contribution in [-0.4, -0.2) is 10.9 Å². The zero-order valence-electron chi connectivity index (χ0n) is 16.0. The van der Waals surface area contributed by atoms with Crippen LogP contribution < -0.4 is 10.1 Å². The van der Waals surface area contributed by atoms with E-state index < -0.39 is 0 Å². The van der Waals surface area contributed by atoms with E-state index in [1.54, 1.807) is 42.6 Å². The number of hydrogen-bond acceptors (Lipinski definition) is 4. The van der Waals surface area contributed by atoms with Crippen molar-refractivity contribution in [3.05, 3.63) is 108 Å². The predicted molar refractivity (Wildman–Crippen MR) is 110 cm³/mol. The molecule has 1 aromatic heterocycles. The van der Waals surface area contributed by atoms with Gasteiger partial charge in [0.05, 0.1) is 11.8 Å². The Labute approximate surface area is 173 Å². The number of carbonyl (C=O) groups is 1. The molecule has 4 aromatic rings. The second-order valence-electron chi connectivity index (χ2n) is 6.58. The van der Waals surface area contributed by atoms with Gasteiger partial charge in [-0.2, -0.15) is 0 Å². The number of hydrogen-bond donors (Lipinski definition) is 1. The lowest BCUT2D eigenvalue weighted by Crippen LogP contribution is -2.23. The van der Waals surface area contributed by atoms with Gasteiger partial charge in [-0.05, 0) is 42.0 Å². The number of ether oxygens (including phenoxy) is 1. The van der Waals surface area contributed by atoms with Crippen molar-refractivity contribution in [3.63, 3.8) is 0 Å². The maximum atomic E-state index is 13.1. The summed E-state index contributed by atoms with van der Waals surface area (Å²) in [5.41, 5.74) is 2.16. The average molecular weight is 402 g/mol. The van der Waals surface area contributed by atoms with E-state index in [9.17, 15) is 9.18 Å². The number of amides is 1. The van der Waals surface area contributed by atoms with Gasteiger partial charge in [-0.25, -0.2) is 9.37 Å². The van der Waals surface area contributed by atoms with E-state index in [-0.39, 0.29) is 18.3 Å². The SMILES string of the molecule is O=C(NCc1ccccc1)c1ccccc1OCc1ncc(-c2ccc(F)cc2)o1. The summed E-state index contributed by atoms with van der Waals surface area (Å²) in [6, 6.07) is 22.6. The summed E-state index contributed by atoms with van der Waals surface area (Å²) in [6.07, 6.45) is 1.56. The normalized spacial score (nSPS) is 10.6. The third-order valence-electron chi connectivity index (χ3n) is 4.46. The molecule has 0 fully saturated rings. The minimum absolute atomic E-state index is 0.0597. The highest BCUT2D eigenvalue weighted by Crippen LogP contribution is 2.23. The molecule has 150 valence electrons. The number of benzene rings is 3. The van der Waals surface area contributed by atoms with Crippen LogP contribution in [0.5, 0.6) is 5.75 Å². The van der Waals surface area contributed by atoms with Crippen molar-refractivity contribution in [2.24, 2.45) is 0 Å². The highest BCUT2D eigenvalue weighted by Gasteiger charge is 2.13. The van der Waals surface area contributed by atoms with E-state index in [2.05, 4.69) is 10.3 Å². The summed E-state index contributed by atoms with van der Waals surface area (Å²) >= 11 is 0. The second-order valence-corrected chi connectivity index (χ2v) is 6.58. The number of rotatable bonds is 7. The van der Waals surface area contributed by atoms with Crippen LogP contribution in [0.25, 0.3) is 11.3 Å². The first kappa shape index (κ1) is 19.4. The lowest BCUT2D eigenvalue weighted by Gasteiger charge is -2.11. The number of oxazole rings is 1. The first-order chi connectivity index (χ1) is 14.7. The fourth-order valence-electron chi connectivity index (χ4n) is 2.92. The fourth-order valence-corrected chi connectivity index (χ4v) is 2.92. The zero-order chi connectivity index (χ0) is 20.8. The molecule has 1 heterocycles. The van der Waals surface area contributed by atoms with Crippen LogP contribution in [0.15, 0.2) is 89.5 Å². The Balaban J connectivity index is 1.41. The Kier molecular flexibility index (Phi) is 5.85. The van der Waals surface area contributed by atoms with Gasteiger partial charge in [0.2, 0.25) is 5.89 Å². The van der Waals surface area contributed by atoms with E-state index in [4.69, 9.17) is 9.15 Å². The largest absolute Gasteiger partial charge is 0.483 e. The predicted octanol–water partition coefficient (Wildman–Crippen LogP) is 4.99. The molecule has 30 heavy (non-hydrogen) atoms. The maximum absolute atomic E-state index is 13.1. The summed E-state index contributed by atoms with van der Waals surface area (Å²) in [5.74, 6) is 0.763. The van der Waals surface area contributed by atoms with Crippen LogP contribution in [0.1, 0.15) is 21.8 Å². The van der Waals surface area contributed by atoms with Gasteiger partial charge in [-0.1, -0.05) is 42.5 Å². The molecule has 0 aliphatic carbocycles. The molecule has 3 aromatic carbocycles. The molecule has 0 spiro atoms. The number of nitrogens with one attached hydrogen (secondary N) is 1. The highest BCUT2D eigenvalue weighted by atomic mass is 19.1. The fraction of sp³-hybridized carbons (Fsp3) is 0.0833. The standard InChI is InChI=1S/C24H19FN2O3/c25-19-12-10-18(11-13-19)22-15-26-23(30-22)16-29-21-9-5-4-8-20(21)24(28)27-14-17-6-2-1-3-7-17/h1-13,15H,14,16H2,(H,27,28). The van der Waals surface area contributed by atoms with Gasteiger partial charge in [-0.15, -0.1) is 0 Å².